The maximum Gasteiger partial charge on any atom is 0.232 e. The fourth-order valence-corrected chi connectivity index (χ4v) is 3.05. The van der Waals surface area contributed by atoms with Gasteiger partial charge in [-0.15, -0.1) is 0 Å². The van der Waals surface area contributed by atoms with Gasteiger partial charge in [0.25, 0.3) is 0 Å². The number of carbonyl (C=O) groups excluding carboxylic acids is 2. The second kappa shape index (κ2) is 9.82. The number of aromatic nitrogens is 2. The van der Waals surface area contributed by atoms with E-state index in [2.05, 4.69) is 20.4 Å². The Morgan fingerprint density at radius 2 is 1.93 bits per heavy atom. The van der Waals surface area contributed by atoms with Gasteiger partial charge in [0.2, 0.25) is 17.7 Å². The summed E-state index contributed by atoms with van der Waals surface area (Å²) < 4.78 is 5.36. The average Bonchev–Trinajstić information content (AvgIpc) is 2.94. The zero-order chi connectivity index (χ0) is 19.9. The van der Waals surface area contributed by atoms with Crippen molar-refractivity contribution < 1.29 is 14.1 Å². The average molecular weight is 380 g/mol. The number of nitrogens with one attached hydrogen (secondary N) is 1. The third kappa shape index (κ3) is 6.93. The van der Waals surface area contributed by atoms with Crippen molar-refractivity contribution in [1.29, 1.82) is 0 Å². The van der Waals surface area contributed by atoms with Crippen LogP contribution in [0.1, 0.15) is 65.1 Å². The van der Waals surface area contributed by atoms with Crippen LogP contribution in [0, 0.1) is 0 Å². The number of amides is 2. The molecule has 8 nitrogen and oxygen atoms in total. The monoisotopic (exact) mass is 379 g/mol. The molecule has 0 aliphatic carbocycles. The molecule has 0 bridgehead atoms. The van der Waals surface area contributed by atoms with Crippen molar-refractivity contribution in [2.45, 2.75) is 65.3 Å². The van der Waals surface area contributed by atoms with Gasteiger partial charge in [0.15, 0.2) is 5.82 Å². The molecule has 1 aromatic heterocycles. The van der Waals surface area contributed by atoms with Crippen LogP contribution < -0.4 is 5.32 Å². The Kier molecular flexibility index (Phi) is 7.77. The zero-order valence-corrected chi connectivity index (χ0v) is 17.1. The van der Waals surface area contributed by atoms with Crippen LogP contribution >= 0.6 is 0 Å². The van der Waals surface area contributed by atoms with Gasteiger partial charge in [-0.3, -0.25) is 14.5 Å². The number of hydrogen-bond acceptors (Lipinski definition) is 6. The topological polar surface area (TPSA) is 91.6 Å². The molecule has 152 valence electrons. The van der Waals surface area contributed by atoms with Gasteiger partial charge < -0.3 is 14.7 Å². The summed E-state index contributed by atoms with van der Waals surface area (Å²) in [5.74, 6) is 1.50. The molecule has 27 heavy (non-hydrogen) atoms. The van der Waals surface area contributed by atoms with E-state index in [9.17, 15) is 9.59 Å². The fraction of sp³-hybridized carbons (Fsp3) is 0.789. The number of rotatable bonds is 7. The Bertz CT molecular complexity index is 623. The lowest BCUT2D eigenvalue weighted by molar-refractivity contribution is -0.131. The quantitative estimate of drug-likeness (QED) is 0.775. The first-order valence-electron chi connectivity index (χ1n) is 9.89. The third-order valence-electron chi connectivity index (χ3n) is 4.58. The molecule has 1 saturated heterocycles. The van der Waals surface area contributed by atoms with Crippen molar-refractivity contribution in [2.24, 2.45) is 0 Å². The van der Waals surface area contributed by atoms with Crippen molar-refractivity contribution in [3.63, 3.8) is 0 Å². The Morgan fingerprint density at radius 1 is 1.15 bits per heavy atom. The largest absolute Gasteiger partial charge is 0.356 e. The second-order valence-electron chi connectivity index (χ2n) is 8.08. The van der Waals surface area contributed by atoms with E-state index in [1.54, 1.807) is 0 Å². The predicted octanol–water partition coefficient (Wildman–Crippen LogP) is 1.71. The SMILES string of the molecule is CCNC(=O)CCCC(=O)N1CCCN(Cc2noc(C(C)(C)C)n2)CC1. The standard InChI is InChI=1S/C19H33N5O3/c1-5-20-16(25)8-6-9-17(26)24-11-7-10-23(12-13-24)14-15-21-18(27-22-15)19(2,3)4/h5-14H2,1-4H3,(H,20,25). The van der Waals surface area contributed by atoms with E-state index in [1.807, 2.05) is 32.6 Å². The molecule has 8 heteroatoms. The molecule has 0 saturated carbocycles. The highest BCUT2D eigenvalue weighted by Gasteiger charge is 2.24. The molecule has 2 amide bonds. The van der Waals surface area contributed by atoms with E-state index in [0.29, 0.717) is 50.6 Å². The Morgan fingerprint density at radius 3 is 2.59 bits per heavy atom. The Balaban J connectivity index is 1.77. The molecule has 1 aliphatic heterocycles. The van der Waals surface area contributed by atoms with Crippen LogP contribution in [-0.2, 0) is 21.5 Å². The van der Waals surface area contributed by atoms with E-state index in [0.717, 1.165) is 26.1 Å². The normalized spacial score (nSPS) is 16.2. The highest BCUT2D eigenvalue weighted by atomic mass is 16.5. The zero-order valence-electron chi connectivity index (χ0n) is 17.1. The van der Waals surface area contributed by atoms with Crippen LogP contribution in [0.3, 0.4) is 0 Å². The van der Waals surface area contributed by atoms with Gasteiger partial charge >= 0.3 is 0 Å². The summed E-state index contributed by atoms with van der Waals surface area (Å²) in [6.45, 7) is 12.5. The molecular weight excluding hydrogens is 346 g/mol. The van der Waals surface area contributed by atoms with E-state index in [-0.39, 0.29) is 17.2 Å². The van der Waals surface area contributed by atoms with Crippen LogP contribution in [0.25, 0.3) is 0 Å². The fourth-order valence-electron chi connectivity index (χ4n) is 3.05. The van der Waals surface area contributed by atoms with Crippen LogP contribution in [-0.4, -0.2) is 64.5 Å². The van der Waals surface area contributed by atoms with Crippen molar-refractivity contribution >= 4 is 11.8 Å². The van der Waals surface area contributed by atoms with Crippen molar-refractivity contribution in [3.05, 3.63) is 11.7 Å². The molecule has 0 unspecified atom stereocenters. The summed E-state index contributed by atoms with van der Waals surface area (Å²) in [5.41, 5.74) is -0.152. The minimum atomic E-state index is -0.152. The van der Waals surface area contributed by atoms with Gasteiger partial charge in [0.1, 0.15) is 0 Å². The number of nitrogens with zero attached hydrogens (tertiary/aromatic N) is 4. The Hall–Kier alpha value is -1.96. The lowest BCUT2D eigenvalue weighted by atomic mass is 9.97. The first kappa shape index (κ1) is 21.3. The van der Waals surface area contributed by atoms with E-state index >= 15 is 0 Å². The second-order valence-corrected chi connectivity index (χ2v) is 8.08. The lowest BCUT2D eigenvalue weighted by Gasteiger charge is -2.21. The molecule has 2 rings (SSSR count). The summed E-state index contributed by atoms with van der Waals surface area (Å²) in [5, 5.41) is 6.85. The van der Waals surface area contributed by atoms with Gasteiger partial charge in [-0.1, -0.05) is 25.9 Å². The first-order chi connectivity index (χ1) is 12.8. The van der Waals surface area contributed by atoms with Gasteiger partial charge in [0.05, 0.1) is 6.54 Å². The molecule has 1 N–H and O–H groups in total. The summed E-state index contributed by atoms with van der Waals surface area (Å²) in [4.78, 5) is 32.5. The molecule has 1 aromatic rings. The molecule has 0 atom stereocenters. The van der Waals surface area contributed by atoms with Gasteiger partial charge in [0, 0.05) is 51.0 Å². The van der Waals surface area contributed by atoms with Crippen LogP contribution in [0.2, 0.25) is 0 Å². The third-order valence-corrected chi connectivity index (χ3v) is 4.58. The molecular formula is C19H33N5O3. The van der Waals surface area contributed by atoms with Crippen molar-refractivity contribution in [1.82, 2.24) is 25.3 Å². The van der Waals surface area contributed by atoms with Crippen LogP contribution in [0.15, 0.2) is 4.52 Å². The van der Waals surface area contributed by atoms with E-state index < -0.39 is 0 Å². The van der Waals surface area contributed by atoms with Crippen LogP contribution in [0.5, 0.6) is 0 Å². The van der Waals surface area contributed by atoms with Gasteiger partial charge in [-0.25, -0.2) is 0 Å². The molecule has 1 fully saturated rings. The maximum atomic E-state index is 12.4. The van der Waals surface area contributed by atoms with Gasteiger partial charge in [-0.2, -0.15) is 4.98 Å². The summed E-state index contributed by atoms with van der Waals surface area (Å²) in [6.07, 6.45) is 2.36. The van der Waals surface area contributed by atoms with E-state index in [1.165, 1.54) is 0 Å². The molecule has 0 radical (unpaired) electrons. The smallest absolute Gasteiger partial charge is 0.232 e. The molecule has 1 aliphatic rings. The first-order valence-corrected chi connectivity index (χ1v) is 9.89. The number of carbonyl (C=O) groups is 2. The van der Waals surface area contributed by atoms with Crippen molar-refractivity contribution in [2.75, 3.05) is 32.7 Å². The number of hydrogen-bond donors (Lipinski definition) is 1. The van der Waals surface area contributed by atoms with Crippen LogP contribution in [0.4, 0.5) is 0 Å². The lowest BCUT2D eigenvalue weighted by Crippen LogP contribution is -2.35. The predicted molar refractivity (Wildman–Crippen MR) is 102 cm³/mol. The Labute approximate surface area is 161 Å². The minimum absolute atomic E-state index is 0.0158. The maximum absolute atomic E-state index is 12.4. The summed E-state index contributed by atoms with van der Waals surface area (Å²) >= 11 is 0. The highest BCUT2D eigenvalue weighted by molar-refractivity contribution is 5.78. The summed E-state index contributed by atoms with van der Waals surface area (Å²) in [6, 6.07) is 0. The highest BCUT2D eigenvalue weighted by Crippen LogP contribution is 2.20. The molecule has 0 aromatic carbocycles. The minimum Gasteiger partial charge on any atom is -0.356 e. The van der Waals surface area contributed by atoms with Crippen molar-refractivity contribution in [3.8, 4) is 0 Å². The summed E-state index contributed by atoms with van der Waals surface area (Å²) in [7, 11) is 0. The van der Waals surface area contributed by atoms with Gasteiger partial charge in [-0.05, 0) is 19.8 Å². The molecule has 0 spiro atoms. The van der Waals surface area contributed by atoms with E-state index in [4.69, 9.17) is 4.52 Å². The molecule has 2 heterocycles.